The molecule has 0 aliphatic carbocycles. The Morgan fingerprint density at radius 2 is 2.06 bits per heavy atom. The van der Waals surface area contributed by atoms with Crippen LogP contribution in [0.2, 0.25) is 0 Å². The lowest BCUT2D eigenvalue weighted by atomic mass is 10.2. The lowest BCUT2D eigenvalue weighted by Crippen LogP contribution is -2.40. The van der Waals surface area contributed by atoms with Crippen LogP contribution in [-0.4, -0.2) is 59.5 Å². The van der Waals surface area contributed by atoms with E-state index < -0.39 is 5.82 Å². The van der Waals surface area contributed by atoms with Gasteiger partial charge in [-0.1, -0.05) is 12.1 Å². The molecule has 1 fully saturated rings. The van der Waals surface area contributed by atoms with Gasteiger partial charge in [-0.2, -0.15) is 4.98 Å². The van der Waals surface area contributed by atoms with Crippen molar-refractivity contribution in [3.05, 3.63) is 60.5 Å². The van der Waals surface area contributed by atoms with Gasteiger partial charge in [0.15, 0.2) is 11.6 Å². The molecule has 0 saturated carbocycles. The van der Waals surface area contributed by atoms with E-state index in [1.165, 1.54) is 18.3 Å². The maximum Gasteiger partial charge on any atom is 0.262 e. The van der Waals surface area contributed by atoms with Crippen LogP contribution in [0.15, 0.2) is 59.7 Å². The zero-order chi connectivity index (χ0) is 24.5. The fraction of sp³-hybridized carbons (Fsp3) is 0.250. The second-order valence-corrected chi connectivity index (χ2v) is 7.78. The molecule has 0 bridgehead atoms. The van der Waals surface area contributed by atoms with Crippen molar-refractivity contribution in [1.29, 1.82) is 0 Å². The Balaban J connectivity index is 1.33. The van der Waals surface area contributed by atoms with Gasteiger partial charge in [0.25, 0.3) is 5.91 Å². The standard InChI is InChI=1S/C24H26FN7O3/c25-21-14-29-24(32-23(21)30-18-5-2-6-19(33)12-18)31-17-4-1-3-16(11-17)28-15-22(34)27-8-7-20-13-26-9-10-35-20/h1-6,11-12,14-15,20,26,33H,7-10,13H2,(H,27,34)(H2,29,30,31,32). The van der Waals surface area contributed by atoms with E-state index in [4.69, 9.17) is 4.74 Å². The quantitative estimate of drug-likeness (QED) is 0.296. The molecule has 2 aromatic carbocycles. The van der Waals surface area contributed by atoms with Gasteiger partial charge in [-0.3, -0.25) is 9.79 Å². The third-order valence-electron chi connectivity index (χ3n) is 5.06. The maximum absolute atomic E-state index is 14.2. The molecule has 1 unspecified atom stereocenters. The van der Waals surface area contributed by atoms with Gasteiger partial charge < -0.3 is 31.1 Å². The van der Waals surface area contributed by atoms with Crippen molar-refractivity contribution in [2.24, 2.45) is 4.99 Å². The molecular formula is C24H26FN7O3. The van der Waals surface area contributed by atoms with E-state index in [-0.39, 0.29) is 29.5 Å². The molecule has 1 aliphatic heterocycles. The highest BCUT2D eigenvalue weighted by Crippen LogP contribution is 2.24. The van der Waals surface area contributed by atoms with Gasteiger partial charge in [0.2, 0.25) is 5.95 Å². The number of hydrogen-bond acceptors (Lipinski definition) is 9. The number of benzene rings is 2. The van der Waals surface area contributed by atoms with E-state index in [9.17, 15) is 14.3 Å². The molecule has 35 heavy (non-hydrogen) atoms. The van der Waals surface area contributed by atoms with E-state index in [1.807, 2.05) is 0 Å². The fourth-order valence-electron chi connectivity index (χ4n) is 3.37. The van der Waals surface area contributed by atoms with Gasteiger partial charge in [0.05, 0.1) is 30.8 Å². The second-order valence-electron chi connectivity index (χ2n) is 7.78. The Hall–Kier alpha value is -4.09. The minimum Gasteiger partial charge on any atom is -0.508 e. The van der Waals surface area contributed by atoms with Crippen LogP contribution in [0.25, 0.3) is 0 Å². The molecule has 11 heteroatoms. The summed E-state index contributed by atoms with van der Waals surface area (Å²) in [6.45, 7) is 2.82. The van der Waals surface area contributed by atoms with Crippen molar-refractivity contribution in [2.75, 3.05) is 36.9 Å². The minimum atomic E-state index is -0.644. The number of nitrogens with one attached hydrogen (secondary N) is 4. The van der Waals surface area contributed by atoms with Crippen molar-refractivity contribution < 1.29 is 19.0 Å². The summed E-state index contributed by atoms with van der Waals surface area (Å²) >= 11 is 0. The summed E-state index contributed by atoms with van der Waals surface area (Å²) < 4.78 is 19.8. The van der Waals surface area contributed by atoms with Gasteiger partial charge in [-0.15, -0.1) is 0 Å². The third kappa shape index (κ3) is 7.45. The van der Waals surface area contributed by atoms with E-state index in [2.05, 4.69) is 36.2 Å². The number of aromatic hydroxyl groups is 1. The van der Waals surface area contributed by atoms with E-state index in [0.717, 1.165) is 25.7 Å². The van der Waals surface area contributed by atoms with Crippen LogP contribution in [0, 0.1) is 5.82 Å². The summed E-state index contributed by atoms with van der Waals surface area (Å²) in [6, 6.07) is 13.3. The first-order valence-electron chi connectivity index (χ1n) is 11.1. The molecule has 1 aromatic heterocycles. The monoisotopic (exact) mass is 479 g/mol. The van der Waals surface area contributed by atoms with Crippen LogP contribution in [0.5, 0.6) is 5.75 Å². The fourth-order valence-corrected chi connectivity index (χ4v) is 3.37. The number of phenols is 1. The number of nitrogens with zero attached hydrogens (tertiary/aromatic N) is 3. The van der Waals surface area contributed by atoms with Crippen LogP contribution >= 0.6 is 0 Å². The van der Waals surface area contributed by atoms with Crippen molar-refractivity contribution >= 4 is 41.0 Å². The number of hydrogen-bond donors (Lipinski definition) is 5. The Kier molecular flexibility index (Phi) is 8.15. The summed E-state index contributed by atoms with van der Waals surface area (Å²) in [7, 11) is 0. The number of halogens is 1. The molecule has 182 valence electrons. The molecule has 5 N–H and O–H groups in total. The Morgan fingerprint density at radius 1 is 1.23 bits per heavy atom. The van der Waals surface area contributed by atoms with Crippen LogP contribution in [0.3, 0.4) is 0 Å². The maximum atomic E-state index is 14.2. The minimum absolute atomic E-state index is 0.0457. The van der Waals surface area contributed by atoms with Gasteiger partial charge in [-0.25, -0.2) is 9.37 Å². The molecule has 1 aliphatic rings. The van der Waals surface area contributed by atoms with Crippen molar-refractivity contribution in [3.63, 3.8) is 0 Å². The first-order chi connectivity index (χ1) is 17.0. The van der Waals surface area contributed by atoms with Crippen LogP contribution < -0.4 is 21.3 Å². The molecule has 1 atom stereocenters. The average molecular weight is 480 g/mol. The van der Waals surface area contributed by atoms with Crippen molar-refractivity contribution in [3.8, 4) is 5.75 Å². The van der Waals surface area contributed by atoms with Crippen LogP contribution in [0.4, 0.5) is 33.2 Å². The molecule has 10 nitrogen and oxygen atoms in total. The van der Waals surface area contributed by atoms with Crippen molar-refractivity contribution in [2.45, 2.75) is 12.5 Å². The predicted molar refractivity (Wildman–Crippen MR) is 131 cm³/mol. The highest BCUT2D eigenvalue weighted by atomic mass is 19.1. The molecular weight excluding hydrogens is 453 g/mol. The highest BCUT2D eigenvalue weighted by Gasteiger charge is 2.13. The topological polar surface area (TPSA) is 133 Å². The number of ether oxygens (including phenoxy) is 1. The molecule has 1 amide bonds. The number of rotatable bonds is 9. The normalized spacial score (nSPS) is 15.6. The number of carbonyl (C=O) groups is 1. The molecule has 0 spiro atoms. The zero-order valence-electron chi connectivity index (χ0n) is 18.9. The number of phenolic OH excluding ortho intramolecular Hbond substituents is 1. The van der Waals surface area contributed by atoms with E-state index >= 15 is 0 Å². The molecule has 2 heterocycles. The average Bonchev–Trinajstić information content (AvgIpc) is 2.86. The number of aliphatic imine (C=N–C) groups is 1. The molecule has 4 rings (SSSR count). The van der Waals surface area contributed by atoms with Gasteiger partial charge >= 0.3 is 0 Å². The number of amides is 1. The van der Waals surface area contributed by atoms with Crippen LogP contribution in [0.1, 0.15) is 6.42 Å². The Labute approximate surface area is 201 Å². The Bertz CT molecular complexity index is 1190. The smallest absolute Gasteiger partial charge is 0.262 e. The van der Waals surface area contributed by atoms with E-state index in [1.54, 1.807) is 36.4 Å². The predicted octanol–water partition coefficient (Wildman–Crippen LogP) is 3.01. The zero-order valence-corrected chi connectivity index (χ0v) is 18.9. The summed E-state index contributed by atoms with van der Waals surface area (Å²) in [5, 5.41) is 21.4. The van der Waals surface area contributed by atoms with Gasteiger partial charge in [0, 0.05) is 37.1 Å². The third-order valence-corrected chi connectivity index (χ3v) is 5.06. The summed E-state index contributed by atoms with van der Waals surface area (Å²) in [6.07, 6.45) is 3.10. The number of anilines is 4. The SMILES string of the molecule is O=C(C=Nc1cccc(Nc2ncc(F)c(Nc3cccc(O)c3)n2)c1)NCCC1CNCCO1. The lowest BCUT2D eigenvalue weighted by Gasteiger charge is -2.23. The highest BCUT2D eigenvalue weighted by molar-refractivity contribution is 6.26. The van der Waals surface area contributed by atoms with Crippen molar-refractivity contribution in [1.82, 2.24) is 20.6 Å². The van der Waals surface area contributed by atoms with Gasteiger partial charge in [0.1, 0.15) is 5.75 Å². The largest absolute Gasteiger partial charge is 0.508 e. The van der Waals surface area contributed by atoms with E-state index in [0.29, 0.717) is 30.2 Å². The molecule has 0 radical (unpaired) electrons. The van der Waals surface area contributed by atoms with Gasteiger partial charge in [-0.05, 0) is 36.8 Å². The molecule has 3 aromatic rings. The first-order valence-corrected chi connectivity index (χ1v) is 11.1. The lowest BCUT2D eigenvalue weighted by molar-refractivity contribution is -0.114. The Morgan fingerprint density at radius 3 is 2.86 bits per heavy atom. The number of aromatic nitrogens is 2. The summed E-state index contributed by atoms with van der Waals surface area (Å²) in [5.41, 5.74) is 1.63. The number of morpholine rings is 1. The second kappa shape index (κ2) is 11.9. The number of carbonyl (C=O) groups excluding carboxylic acids is 1. The first kappa shape index (κ1) is 24.0. The molecule has 1 saturated heterocycles. The summed E-state index contributed by atoms with van der Waals surface area (Å²) in [5.74, 6) is -0.781. The summed E-state index contributed by atoms with van der Waals surface area (Å²) in [4.78, 5) is 24.4. The van der Waals surface area contributed by atoms with Crippen LogP contribution in [-0.2, 0) is 9.53 Å².